The molecule has 1 atom stereocenters. The first-order valence-electron chi connectivity index (χ1n) is 5.12. The molecule has 2 fully saturated rings. The monoisotopic (exact) mass is 168 g/mol. The van der Waals surface area contributed by atoms with E-state index in [1.807, 2.05) is 0 Å². The molecule has 12 heavy (non-hydrogen) atoms. The summed E-state index contributed by atoms with van der Waals surface area (Å²) in [6.07, 6.45) is 4.21. The maximum absolute atomic E-state index is 3.58. The molecule has 0 unspecified atom stereocenters. The van der Waals surface area contributed by atoms with Gasteiger partial charge in [-0.2, -0.15) is 0 Å². The maximum Gasteiger partial charge on any atom is 0.00447 e. The Hall–Kier alpha value is -0.0800. The summed E-state index contributed by atoms with van der Waals surface area (Å²) in [6.45, 7) is 6.18. The number of nitrogens with one attached hydrogen (secondary N) is 1. The van der Waals surface area contributed by atoms with Crippen molar-refractivity contribution < 1.29 is 0 Å². The van der Waals surface area contributed by atoms with Gasteiger partial charge in [-0.15, -0.1) is 0 Å². The van der Waals surface area contributed by atoms with Crippen LogP contribution in [0, 0.1) is 5.41 Å². The topological polar surface area (TPSA) is 15.3 Å². The summed E-state index contributed by atoms with van der Waals surface area (Å²) in [7, 11) is 2.23. The average molecular weight is 168 g/mol. The lowest BCUT2D eigenvalue weighted by atomic mass is 9.77. The molecule has 2 heteroatoms. The predicted octanol–water partition coefficient (Wildman–Crippen LogP) is 1.08. The SMILES string of the molecule is C[C@H]1CC2(CCN(C)CC2)CN1. The van der Waals surface area contributed by atoms with E-state index in [4.69, 9.17) is 0 Å². The zero-order valence-electron chi connectivity index (χ0n) is 8.27. The highest BCUT2D eigenvalue weighted by atomic mass is 15.1. The summed E-state index contributed by atoms with van der Waals surface area (Å²) in [6, 6.07) is 0.758. The van der Waals surface area contributed by atoms with Crippen molar-refractivity contribution >= 4 is 0 Å². The van der Waals surface area contributed by atoms with E-state index in [9.17, 15) is 0 Å². The van der Waals surface area contributed by atoms with E-state index in [1.54, 1.807) is 0 Å². The molecule has 0 radical (unpaired) electrons. The summed E-state index contributed by atoms with van der Waals surface area (Å²) in [4.78, 5) is 2.45. The third kappa shape index (κ3) is 1.50. The van der Waals surface area contributed by atoms with Crippen LogP contribution in [0.4, 0.5) is 0 Å². The van der Waals surface area contributed by atoms with Crippen molar-refractivity contribution in [2.75, 3.05) is 26.7 Å². The third-order valence-electron chi connectivity index (χ3n) is 3.61. The third-order valence-corrected chi connectivity index (χ3v) is 3.61. The molecule has 2 rings (SSSR count). The second-order valence-electron chi connectivity index (χ2n) is 4.79. The fourth-order valence-electron chi connectivity index (χ4n) is 2.66. The van der Waals surface area contributed by atoms with Crippen LogP contribution in [-0.4, -0.2) is 37.6 Å². The largest absolute Gasteiger partial charge is 0.314 e. The van der Waals surface area contributed by atoms with Gasteiger partial charge in [0.25, 0.3) is 0 Å². The van der Waals surface area contributed by atoms with Gasteiger partial charge in [0, 0.05) is 12.6 Å². The predicted molar refractivity (Wildman–Crippen MR) is 51.2 cm³/mol. The van der Waals surface area contributed by atoms with E-state index in [-0.39, 0.29) is 0 Å². The van der Waals surface area contributed by atoms with Gasteiger partial charge in [0.2, 0.25) is 0 Å². The summed E-state index contributed by atoms with van der Waals surface area (Å²) in [5.74, 6) is 0. The van der Waals surface area contributed by atoms with Gasteiger partial charge < -0.3 is 10.2 Å². The van der Waals surface area contributed by atoms with Gasteiger partial charge in [-0.3, -0.25) is 0 Å². The van der Waals surface area contributed by atoms with Crippen LogP contribution >= 0.6 is 0 Å². The maximum atomic E-state index is 3.58. The Morgan fingerprint density at radius 3 is 2.50 bits per heavy atom. The fraction of sp³-hybridized carbons (Fsp3) is 1.00. The Bertz CT molecular complexity index is 159. The van der Waals surface area contributed by atoms with E-state index in [0.29, 0.717) is 5.41 Å². The van der Waals surface area contributed by atoms with Crippen LogP contribution < -0.4 is 5.32 Å². The summed E-state index contributed by atoms with van der Waals surface area (Å²) in [5, 5.41) is 3.58. The minimum atomic E-state index is 0.673. The molecule has 0 bridgehead atoms. The van der Waals surface area contributed by atoms with Crippen molar-refractivity contribution in [2.45, 2.75) is 32.2 Å². The number of piperidine rings is 1. The van der Waals surface area contributed by atoms with Gasteiger partial charge in [-0.1, -0.05) is 0 Å². The van der Waals surface area contributed by atoms with Crippen LogP contribution in [0.3, 0.4) is 0 Å². The molecule has 0 aromatic rings. The molecule has 1 spiro atoms. The normalized spacial score (nSPS) is 36.0. The Morgan fingerprint density at radius 1 is 1.33 bits per heavy atom. The van der Waals surface area contributed by atoms with E-state index in [1.165, 1.54) is 38.9 Å². The van der Waals surface area contributed by atoms with Crippen LogP contribution in [0.25, 0.3) is 0 Å². The first-order valence-corrected chi connectivity index (χ1v) is 5.12. The molecule has 70 valence electrons. The highest BCUT2D eigenvalue weighted by Gasteiger charge is 2.38. The average Bonchev–Trinajstić information content (AvgIpc) is 2.40. The van der Waals surface area contributed by atoms with E-state index in [0.717, 1.165) is 6.04 Å². The number of nitrogens with zero attached hydrogens (tertiary/aromatic N) is 1. The lowest BCUT2D eigenvalue weighted by Crippen LogP contribution is -2.39. The van der Waals surface area contributed by atoms with Crippen LogP contribution in [0.2, 0.25) is 0 Å². The Kier molecular flexibility index (Phi) is 2.13. The number of hydrogen-bond acceptors (Lipinski definition) is 2. The van der Waals surface area contributed by atoms with Crippen molar-refractivity contribution in [2.24, 2.45) is 5.41 Å². The van der Waals surface area contributed by atoms with Crippen LogP contribution in [-0.2, 0) is 0 Å². The summed E-state index contributed by atoms with van der Waals surface area (Å²) >= 11 is 0. The lowest BCUT2D eigenvalue weighted by Gasteiger charge is -2.37. The second kappa shape index (κ2) is 3.00. The molecule has 0 aromatic heterocycles. The highest BCUT2D eigenvalue weighted by molar-refractivity contribution is 4.94. The highest BCUT2D eigenvalue weighted by Crippen LogP contribution is 2.38. The first-order chi connectivity index (χ1) is 5.70. The van der Waals surface area contributed by atoms with E-state index < -0.39 is 0 Å². The van der Waals surface area contributed by atoms with Crippen molar-refractivity contribution in [1.82, 2.24) is 10.2 Å². The van der Waals surface area contributed by atoms with Crippen LogP contribution in [0.1, 0.15) is 26.2 Å². The first kappa shape index (κ1) is 8.52. The van der Waals surface area contributed by atoms with Crippen molar-refractivity contribution in [3.05, 3.63) is 0 Å². The van der Waals surface area contributed by atoms with Crippen molar-refractivity contribution in [3.8, 4) is 0 Å². The zero-order valence-corrected chi connectivity index (χ0v) is 8.27. The number of hydrogen-bond donors (Lipinski definition) is 1. The van der Waals surface area contributed by atoms with E-state index in [2.05, 4.69) is 24.2 Å². The van der Waals surface area contributed by atoms with Gasteiger partial charge in [0.1, 0.15) is 0 Å². The number of likely N-dealkylation sites (tertiary alicyclic amines) is 1. The minimum Gasteiger partial charge on any atom is -0.314 e. The zero-order chi connectivity index (χ0) is 8.60. The molecule has 0 aromatic carbocycles. The fourth-order valence-corrected chi connectivity index (χ4v) is 2.66. The van der Waals surface area contributed by atoms with Gasteiger partial charge in [0.05, 0.1) is 0 Å². The molecule has 2 nitrogen and oxygen atoms in total. The molecular formula is C10H20N2. The Morgan fingerprint density at radius 2 is 2.00 bits per heavy atom. The molecular weight excluding hydrogens is 148 g/mol. The van der Waals surface area contributed by atoms with Crippen LogP contribution in [0.5, 0.6) is 0 Å². The van der Waals surface area contributed by atoms with Crippen LogP contribution in [0.15, 0.2) is 0 Å². The van der Waals surface area contributed by atoms with E-state index >= 15 is 0 Å². The standard InChI is InChI=1S/C10H20N2/c1-9-7-10(8-11-9)3-5-12(2)6-4-10/h9,11H,3-8H2,1-2H3/t9-/m0/s1. The molecule has 0 aliphatic carbocycles. The smallest absolute Gasteiger partial charge is 0.00447 e. The number of rotatable bonds is 0. The lowest BCUT2D eigenvalue weighted by molar-refractivity contribution is 0.138. The van der Waals surface area contributed by atoms with Gasteiger partial charge in [-0.25, -0.2) is 0 Å². The molecule has 2 saturated heterocycles. The quantitative estimate of drug-likeness (QED) is 0.582. The molecule has 0 amide bonds. The van der Waals surface area contributed by atoms with Crippen molar-refractivity contribution in [1.29, 1.82) is 0 Å². The molecule has 2 heterocycles. The Labute approximate surface area is 75.3 Å². The molecule has 2 aliphatic rings. The Balaban J connectivity index is 1.95. The second-order valence-corrected chi connectivity index (χ2v) is 4.79. The molecule has 1 N–H and O–H groups in total. The molecule has 2 aliphatic heterocycles. The molecule has 0 saturated carbocycles. The summed E-state index contributed by atoms with van der Waals surface area (Å²) in [5.41, 5.74) is 0.673. The minimum absolute atomic E-state index is 0.673. The van der Waals surface area contributed by atoms with Gasteiger partial charge in [-0.05, 0) is 51.7 Å². The van der Waals surface area contributed by atoms with Gasteiger partial charge >= 0.3 is 0 Å². The summed E-state index contributed by atoms with van der Waals surface area (Å²) < 4.78 is 0. The van der Waals surface area contributed by atoms with Gasteiger partial charge in [0.15, 0.2) is 0 Å². The van der Waals surface area contributed by atoms with Crippen molar-refractivity contribution in [3.63, 3.8) is 0 Å².